The standard InChI is InChI=1S/C10H21N3OS/c1-3-7(10(11)13-14)12-8-5-4-6-9(8)15-2/h7-9,12,14H,3-6H2,1-2H3,(H2,11,13). The van der Waals surface area contributed by atoms with Crippen LogP contribution in [0.2, 0.25) is 0 Å². The molecule has 5 heteroatoms. The van der Waals surface area contributed by atoms with Gasteiger partial charge in [-0.25, -0.2) is 0 Å². The van der Waals surface area contributed by atoms with Crippen LogP contribution in [0.3, 0.4) is 0 Å². The Labute approximate surface area is 95.7 Å². The van der Waals surface area contributed by atoms with Crippen molar-refractivity contribution in [2.75, 3.05) is 6.26 Å². The average molecular weight is 231 g/mol. The molecule has 0 aromatic rings. The minimum Gasteiger partial charge on any atom is -0.409 e. The average Bonchev–Trinajstić information content (AvgIpc) is 2.71. The zero-order valence-corrected chi connectivity index (χ0v) is 10.3. The second kappa shape index (κ2) is 6.23. The molecule has 0 saturated heterocycles. The van der Waals surface area contributed by atoms with E-state index in [2.05, 4.69) is 16.7 Å². The third kappa shape index (κ3) is 3.28. The molecule has 0 aliphatic heterocycles. The molecule has 88 valence electrons. The molecule has 0 amide bonds. The molecule has 0 radical (unpaired) electrons. The van der Waals surface area contributed by atoms with E-state index in [0.717, 1.165) is 6.42 Å². The SMILES string of the molecule is CCC(NC1CCCC1SC)C(N)=NO. The van der Waals surface area contributed by atoms with E-state index in [0.29, 0.717) is 17.1 Å². The number of hydrogen-bond donors (Lipinski definition) is 3. The maximum Gasteiger partial charge on any atom is 0.156 e. The highest BCUT2D eigenvalue weighted by Crippen LogP contribution is 2.28. The molecule has 1 aliphatic carbocycles. The van der Waals surface area contributed by atoms with Crippen molar-refractivity contribution >= 4 is 17.6 Å². The normalized spacial score (nSPS) is 29.3. The summed E-state index contributed by atoms with van der Waals surface area (Å²) in [6, 6.07) is 0.512. The lowest BCUT2D eigenvalue weighted by Crippen LogP contribution is -2.48. The lowest BCUT2D eigenvalue weighted by Gasteiger charge is -2.24. The van der Waals surface area contributed by atoms with Gasteiger partial charge in [-0.05, 0) is 25.5 Å². The topological polar surface area (TPSA) is 70.6 Å². The number of hydrogen-bond acceptors (Lipinski definition) is 4. The highest BCUT2D eigenvalue weighted by Gasteiger charge is 2.28. The maximum absolute atomic E-state index is 8.65. The van der Waals surface area contributed by atoms with Crippen LogP contribution in [0.5, 0.6) is 0 Å². The van der Waals surface area contributed by atoms with Crippen LogP contribution in [0.1, 0.15) is 32.6 Å². The summed E-state index contributed by atoms with van der Waals surface area (Å²) in [5.74, 6) is 0.296. The summed E-state index contributed by atoms with van der Waals surface area (Å²) >= 11 is 1.91. The van der Waals surface area contributed by atoms with E-state index in [9.17, 15) is 0 Å². The largest absolute Gasteiger partial charge is 0.409 e. The van der Waals surface area contributed by atoms with Crippen LogP contribution in [0.4, 0.5) is 0 Å². The fourth-order valence-corrected chi connectivity index (χ4v) is 3.08. The molecule has 15 heavy (non-hydrogen) atoms. The first kappa shape index (κ1) is 12.6. The monoisotopic (exact) mass is 231 g/mol. The van der Waals surface area contributed by atoms with E-state index in [-0.39, 0.29) is 6.04 Å². The third-order valence-electron chi connectivity index (χ3n) is 3.05. The van der Waals surface area contributed by atoms with E-state index in [1.807, 2.05) is 18.7 Å². The summed E-state index contributed by atoms with van der Waals surface area (Å²) in [6.07, 6.45) is 6.74. The minimum absolute atomic E-state index is 0.00718. The van der Waals surface area contributed by atoms with Crippen molar-refractivity contribution in [3.05, 3.63) is 0 Å². The van der Waals surface area contributed by atoms with Gasteiger partial charge in [0.2, 0.25) is 0 Å². The molecule has 0 aromatic carbocycles. The molecule has 1 rings (SSSR count). The van der Waals surface area contributed by atoms with Crippen molar-refractivity contribution in [1.82, 2.24) is 5.32 Å². The summed E-state index contributed by atoms with van der Waals surface area (Å²) in [5, 5.41) is 15.9. The molecule has 0 bridgehead atoms. The van der Waals surface area contributed by atoms with Crippen molar-refractivity contribution in [1.29, 1.82) is 0 Å². The second-order valence-corrected chi connectivity index (χ2v) is 5.04. The van der Waals surface area contributed by atoms with Crippen LogP contribution >= 0.6 is 11.8 Å². The molecule has 4 N–H and O–H groups in total. The molecule has 1 fully saturated rings. The van der Waals surface area contributed by atoms with E-state index in [1.165, 1.54) is 19.3 Å². The zero-order valence-electron chi connectivity index (χ0n) is 9.44. The molecule has 0 heterocycles. The molecule has 3 atom stereocenters. The Balaban J connectivity index is 2.51. The molecule has 1 saturated carbocycles. The Morgan fingerprint density at radius 1 is 1.67 bits per heavy atom. The number of nitrogens with one attached hydrogen (secondary N) is 1. The predicted molar refractivity (Wildman–Crippen MR) is 65.6 cm³/mol. The van der Waals surface area contributed by atoms with Gasteiger partial charge in [-0.2, -0.15) is 11.8 Å². The van der Waals surface area contributed by atoms with Gasteiger partial charge in [0, 0.05) is 11.3 Å². The molecule has 3 unspecified atom stereocenters. The molecular weight excluding hydrogens is 210 g/mol. The van der Waals surface area contributed by atoms with Crippen LogP contribution in [-0.4, -0.2) is 34.6 Å². The fourth-order valence-electron chi connectivity index (χ4n) is 2.14. The van der Waals surface area contributed by atoms with E-state index in [4.69, 9.17) is 10.9 Å². The zero-order chi connectivity index (χ0) is 11.3. The van der Waals surface area contributed by atoms with Gasteiger partial charge in [-0.1, -0.05) is 18.5 Å². The lowest BCUT2D eigenvalue weighted by molar-refractivity contribution is 0.313. The minimum atomic E-state index is 0.00718. The molecule has 0 spiro atoms. The first-order chi connectivity index (χ1) is 7.22. The quantitative estimate of drug-likeness (QED) is 0.289. The number of nitrogens with two attached hydrogens (primary N) is 1. The van der Waals surface area contributed by atoms with Crippen LogP contribution in [0, 0.1) is 0 Å². The number of oxime groups is 1. The Bertz CT molecular complexity index is 223. The number of rotatable bonds is 5. The van der Waals surface area contributed by atoms with Gasteiger partial charge >= 0.3 is 0 Å². The van der Waals surface area contributed by atoms with Crippen molar-refractivity contribution in [3.8, 4) is 0 Å². The van der Waals surface area contributed by atoms with Gasteiger partial charge in [-0.3, -0.25) is 0 Å². The Kier molecular flexibility index (Phi) is 5.25. The maximum atomic E-state index is 8.65. The van der Waals surface area contributed by atoms with E-state index in [1.54, 1.807) is 0 Å². The smallest absolute Gasteiger partial charge is 0.156 e. The second-order valence-electron chi connectivity index (χ2n) is 3.96. The Morgan fingerprint density at radius 2 is 2.40 bits per heavy atom. The summed E-state index contributed by atoms with van der Waals surface area (Å²) in [4.78, 5) is 0. The summed E-state index contributed by atoms with van der Waals surface area (Å²) in [6.45, 7) is 2.04. The van der Waals surface area contributed by atoms with Crippen molar-refractivity contribution in [2.24, 2.45) is 10.9 Å². The molecule has 4 nitrogen and oxygen atoms in total. The summed E-state index contributed by atoms with van der Waals surface area (Å²) < 4.78 is 0. The van der Waals surface area contributed by atoms with Gasteiger partial charge in [0.1, 0.15) is 0 Å². The van der Waals surface area contributed by atoms with Crippen molar-refractivity contribution in [2.45, 2.75) is 49.9 Å². The predicted octanol–water partition coefficient (Wildman–Crippen LogP) is 1.39. The Hall–Kier alpha value is -0.420. The highest BCUT2D eigenvalue weighted by molar-refractivity contribution is 7.99. The van der Waals surface area contributed by atoms with Gasteiger partial charge in [-0.15, -0.1) is 0 Å². The summed E-state index contributed by atoms with van der Waals surface area (Å²) in [5.41, 5.74) is 5.62. The number of thioether (sulfide) groups is 1. The fraction of sp³-hybridized carbons (Fsp3) is 0.900. The van der Waals surface area contributed by atoms with Gasteiger partial charge in [0.25, 0.3) is 0 Å². The first-order valence-corrected chi connectivity index (χ1v) is 6.78. The number of nitrogens with zero attached hydrogens (tertiary/aromatic N) is 1. The van der Waals surface area contributed by atoms with Gasteiger partial charge in [0.15, 0.2) is 5.84 Å². The van der Waals surface area contributed by atoms with Crippen molar-refractivity contribution < 1.29 is 5.21 Å². The van der Waals surface area contributed by atoms with Crippen LogP contribution in [0.15, 0.2) is 5.16 Å². The van der Waals surface area contributed by atoms with Crippen LogP contribution < -0.4 is 11.1 Å². The lowest BCUT2D eigenvalue weighted by atomic mass is 10.1. The first-order valence-electron chi connectivity index (χ1n) is 5.49. The van der Waals surface area contributed by atoms with E-state index >= 15 is 0 Å². The van der Waals surface area contributed by atoms with Gasteiger partial charge < -0.3 is 16.3 Å². The van der Waals surface area contributed by atoms with Crippen molar-refractivity contribution in [3.63, 3.8) is 0 Å². The van der Waals surface area contributed by atoms with E-state index < -0.39 is 0 Å². The number of amidine groups is 1. The molecular formula is C10H21N3OS. The molecule has 1 aliphatic rings. The van der Waals surface area contributed by atoms with Crippen LogP contribution in [-0.2, 0) is 0 Å². The van der Waals surface area contributed by atoms with Crippen LogP contribution in [0.25, 0.3) is 0 Å². The molecule has 0 aromatic heterocycles. The van der Waals surface area contributed by atoms with Gasteiger partial charge in [0.05, 0.1) is 6.04 Å². The third-order valence-corrected chi connectivity index (χ3v) is 4.22. The highest BCUT2D eigenvalue weighted by atomic mass is 32.2. The Morgan fingerprint density at radius 3 is 2.93 bits per heavy atom. The summed E-state index contributed by atoms with van der Waals surface area (Å²) in [7, 11) is 0.